The highest BCUT2D eigenvalue weighted by Crippen LogP contribution is 2.38. The van der Waals surface area contributed by atoms with Crippen LogP contribution in [0, 0.1) is 43.4 Å². The van der Waals surface area contributed by atoms with Crippen LogP contribution >= 0.6 is 0 Å². The predicted molar refractivity (Wildman–Crippen MR) is 97.6 cm³/mol. The normalized spacial score (nSPS) is 25.6. The van der Waals surface area contributed by atoms with Crippen molar-refractivity contribution in [2.75, 3.05) is 27.4 Å². The molecule has 0 aliphatic heterocycles. The van der Waals surface area contributed by atoms with E-state index >= 15 is 0 Å². The Morgan fingerprint density at radius 2 is 1.88 bits per heavy atom. The summed E-state index contributed by atoms with van der Waals surface area (Å²) in [6.45, 7) is 6.82. The molecule has 0 bridgehead atoms. The molecule has 0 N–H and O–H groups in total. The number of benzene rings is 1. The van der Waals surface area contributed by atoms with E-state index in [1.807, 2.05) is 25.1 Å². The van der Waals surface area contributed by atoms with E-state index in [2.05, 4.69) is 25.7 Å². The highest BCUT2D eigenvalue weighted by Gasteiger charge is 2.47. The zero-order valence-electron chi connectivity index (χ0n) is 15.8. The molecule has 136 valence electrons. The van der Waals surface area contributed by atoms with Gasteiger partial charge in [0, 0.05) is 32.5 Å². The fourth-order valence-corrected chi connectivity index (χ4v) is 3.46. The van der Waals surface area contributed by atoms with E-state index in [-0.39, 0.29) is 29.6 Å². The van der Waals surface area contributed by atoms with E-state index in [1.165, 1.54) is 11.1 Å². The first-order valence-electron chi connectivity index (χ1n) is 8.70. The van der Waals surface area contributed by atoms with Gasteiger partial charge in [-0.3, -0.25) is 4.79 Å². The Morgan fingerprint density at radius 3 is 2.52 bits per heavy atom. The summed E-state index contributed by atoms with van der Waals surface area (Å²) < 4.78 is 16.5. The van der Waals surface area contributed by atoms with Crippen LogP contribution in [-0.2, 0) is 14.3 Å². The van der Waals surface area contributed by atoms with Crippen molar-refractivity contribution < 1.29 is 19.0 Å². The molecule has 0 aromatic heterocycles. The molecule has 1 aromatic rings. The summed E-state index contributed by atoms with van der Waals surface area (Å²) >= 11 is 0. The Kier molecular flexibility index (Phi) is 7.04. The van der Waals surface area contributed by atoms with Crippen LogP contribution in [0.2, 0.25) is 0 Å². The highest BCUT2D eigenvalue weighted by atomic mass is 16.5. The van der Waals surface area contributed by atoms with Gasteiger partial charge in [0.1, 0.15) is 18.1 Å². The summed E-state index contributed by atoms with van der Waals surface area (Å²) in [6, 6.07) is 6.00. The van der Waals surface area contributed by atoms with Gasteiger partial charge in [-0.05, 0) is 37.1 Å². The topological polar surface area (TPSA) is 44.8 Å². The smallest absolute Gasteiger partial charge is 0.145 e. The zero-order chi connectivity index (χ0) is 18.4. The summed E-state index contributed by atoms with van der Waals surface area (Å²) in [5.41, 5.74) is 2.41. The van der Waals surface area contributed by atoms with Gasteiger partial charge in [0.25, 0.3) is 0 Å². The van der Waals surface area contributed by atoms with Crippen molar-refractivity contribution >= 4 is 5.78 Å². The summed E-state index contributed by atoms with van der Waals surface area (Å²) in [7, 11) is 3.28. The summed E-state index contributed by atoms with van der Waals surface area (Å²) in [6.07, 6.45) is 0.497. The Morgan fingerprint density at radius 1 is 1.12 bits per heavy atom. The number of ether oxygens (including phenoxy) is 3. The van der Waals surface area contributed by atoms with Crippen LogP contribution in [0.1, 0.15) is 24.5 Å². The van der Waals surface area contributed by atoms with Gasteiger partial charge in [0.15, 0.2) is 0 Å². The Bertz CT molecular complexity index is 656. The second-order valence-corrected chi connectivity index (χ2v) is 6.71. The van der Waals surface area contributed by atoms with Gasteiger partial charge < -0.3 is 14.2 Å². The van der Waals surface area contributed by atoms with E-state index in [0.29, 0.717) is 19.6 Å². The minimum Gasteiger partial charge on any atom is -0.493 e. The maximum absolute atomic E-state index is 12.7. The molecule has 2 rings (SSSR count). The van der Waals surface area contributed by atoms with Gasteiger partial charge in [0.05, 0.1) is 18.6 Å². The molecule has 4 heteroatoms. The van der Waals surface area contributed by atoms with Gasteiger partial charge in [0.2, 0.25) is 0 Å². The summed E-state index contributed by atoms with van der Waals surface area (Å²) in [5.74, 6) is 6.80. The quantitative estimate of drug-likeness (QED) is 0.744. The first-order chi connectivity index (χ1) is 12.0. The van der Waals surface area contributed by atoms with Gasteiger partial charge >= 0.3 is 0 Å². The van der Waals surface area contributed by atoms with Crippen LogP contribution in [0.5, 0.6) is 5.75 Å². The summed E-state index contributed by atoms with van der Waals surface area (Å²) in [5, 5.41) is 0. The molecular weight excluding hydrogens is 316 g/mol. The van der Waals surface area contributed by atoms with Crippen molar-refractivity contribution in [2.24, 2.45) is 17.8 Å². The van der Waals surface area contributed by atoms with Crippen LogP contribution in [0.3, 0.4) is 0 Å². The fourth-order valence-electron chi connectivity index (χ4n) is 3.46. The van der Waals surface area contributed by atoms with Crippen LogP contribution in [0.4, 0.5) is 0 Å². The van der Waals surface area contributed by atoms with Crippen molar-refractivity contribution in [3.63, 3.8) is 0 Å². The number of hydrogen-bond donors (Lipinski definition) is 0. The lowest BCUT2D eigenvalue weighted by atomic mass is 9.91. The first kappa shape index (κ1) is 19.5. The molecule has 25 heavy (non-hydrogen) atoms. The molecule has 1 aliphatic rings. The van der Waals surface area contributed by atoms with E-state index in [0.717, 1.165) is 5.75 Å². The number of Topliss-reactive ketones (excluding diaryl/α,β-unsaturated/α-hetero) is 1. The molecule has 4 atom stereocenters. The third-order valence-corrected chi connectivity index (χ3v) is 5.11. The second-order valence-electron chi connectivity index (χ2n) is 6.71. The number of hydrogen-bond acceptors (Lipinski definition) is 4. The number of aryl methyl sites for hydroxylation is 2. The monoisotopic (exact) mass is 344 g/mol. The lowest BCUT2D eigenvalue weighted by Crippen LogP contribution is -2.27. The van der Waals surface area contributed by atoms with Gasteiger partial charge in [-0.25, -0.2) is 0 Å². The predicted octanol–water partition coefficient (Wildman–Crippen LogP) is 3.19. The van der Waals surface area contributed by atoms with Crippen molar-refractivity contribution in [2.45, 2.75) is 33.3 Å². The number of rotatable bonds is 6. The zero-order valence-corrected chi connectivity index (χ0v) is 15.8. The SMILES string of the molecule is COCC#CC[C@H]1C(OC)C(C)C(=O)[C@@H]1COc1ccc(C)c(C)c1. The largest absolute Gasteiger partial charge is 0.493 e. The van der Waals surface area contributed by atoms with Crippen LogP contribution < -0.4 is 4.74 Å². The van der Waals surface area contributed by atoms with Crippen LogP contribution in [0.15, 0.2) is 18.2 Å². The van der Waals surface area contributed by atoms with Crippen molar-refractivity contribution in [1.82, 2.24) is 0 Å². The Labute approximate surface area is 150 Å². The molecule has 0 heterocycles. The van der Waals surface area contributed by atoms with Crippen molar-refractivity contribution in [1.29, 1.82) is 0 Å². The minimum absolute atomic E-state index is 0.0448. The number of carbonyl (C=O) groups is 1. The first-order valence-corrected chi connectivity index (χ1v) is 8.70. The van der Waals surface area contributed by atoms with Gasteiger partial charge in [-0.2, -0.15) is 0 Å². The molecule has 0 amide bonds. The molecular formula is C21H28O4. The average Bonchev–Trinajstić information content (AvgIpc) is 2.83. The molecule has 0 saturated heterocycles. The minimum atomic E-state index is -0.196. The van der Waals surface area contributed by atoms with Crippen molar-refractivity contribution in [3.8, 4) is 17.6 Å². The summed E-state index contributed by atoms with van der Waals surface area (Å²) in [4.78, 5) is 12.7. The average molecular weight is 344 g/mol. The molecule has 4 nitrogen and oxygen atoms in total. The molecule has 1 aromatic carbocycles. The third-order valence-electron chi connectivity index (χ3n) is 5.11. The Balaban J connectivity index is 2.09. The maximum Gasteiger partial charge on any atom is 0.145 e. The lowest BCUT2D eigenvalue weighted by Gasteiger charge is -2.22. The standard InChI is InChI=1S/C21H28O4/c1-14-9-10-17(12-15(14)2)25-13-19-18(8-6-7-11-23-4)21(24-5)16(3)20(19)22/h9-10,12,16,18-19,21H,8,11,13H2,1-5H3/t16?,18-,19-,21?/m1/s1. The van der Waals surface area contributed by atoms with Gasteiger partial charge in [-0.1, -0.05) is 18.9 Å². The number of methoxy groups -OCH3 is 2. The molecule has 1 aliphatic carbocycles. The van der Waals surface area contributed by atoms with Crippen LogP contribution in [-0.4, -0.2) is 39.3 Å². The molecule has 2 unspecified atom stereocenters. The molecule has 1 saturated carbocycles. The highest BCUT2D eigenvalue weighted by molar-refractivity contribution is 5.86. The number of carbonyl (C=O) groups excluding carboxylic acids is 1. The van der Waals surface area contributed by atoms with E-state index in [1.54, 1.807) is 14.2 Å². The Hall–Kier alpha value is -1.83. The molecule has 1 fully saturated rings. The van der Waals surface area contributed by atoms with Crippen LogP contribution in [0.25, 0.3) is 0 Å². The van der Waals surface area contributed by atoms with E-state index in [9.17, 15) is 4.79 Å². The molecule has 0 spiro atoms. The van der Waals surface area contributed by atoms with E-state index < -0.39 is 0 Å². The molecule has 0 radical (unpaired) electrons. The van der Waals surface area contributed by atoms with E-state index in [4.69, 9.17) is 14.2 Å². The van der Waals surface area contributed by atoms with Gasteiger partial charge in [-0.15, -0.1) is 5.92 Å². The second kappa shape index (κ2) is 9.03. The lowest BCUT2D eigenvalue weighted by molar-refractivity contribution is -0.125. The maximum atomic E-state index is 12.7. The number of ketones is 1. The fraction of sp³-hybridized carbons (Fsp3) is 0.571. The van der Waals surface area contributed by atoms with Crippen molar-refractivity contribution in [3.05, 3.63) is 29.3 Å². The third kappa shape index (κ3) is 4.62.